The molecule has 1 saturated heterocycles. The fraction of sp³-hybridized carbons (Fsp3) is 0.667. The van der Waals surface area contributed by atoms with Gasteiger partial charge in [0.1, 0.15) is 12.4 Å². The first-order valence-corrected chi connectivity index (χ1v) is 8.59. The zero-order chi connectivity index (χ0) is 18.3. The van der Waals surface area contributed by atoms with Crippen LogP contribution in [0.15, 0.2) is 0 Å². The standard InChI is InChI=1S/C15H22N10O/c1-15(2,3)14-16-12(24-5-7-26-8-6-24)11-13(17-14)25(21-19-11)9-10-18-20-22-23(10)4/h5-9H2,1-4H3. The van der Waals surface area contributed by atoms with Gasteiger partial charge in [-0.3, -0.25) is 0 Å². The number of aromatic nitrogens is 9. The molecule has 1 aliphatic heterocycles. The average molecular weight is 358 g/mol. The maximum Gasteiger partial charge on any atom is 0.184 e. The van der Waals surface area contributed by atoms with Crippen molar-refractivity contribution in [2.24, 2.45) is 7.05 Å². The molecule has 1 fully saturated rings. The SMILES string of the molecule is Cn1nnnc1Cn1nnc2c(N3CCOCC3)nc(C(C)(C)C)nc21. The Kier molecular flexibility index (Phi) is 4.02. The molecule has 4 heterocycles. The van der Waals surface area contributed by atoms with Gasteiger partial charge in [-0.15, -0.1) is 10.2 Å². The number of hydrogen-bond acceptors (Lipinski definition) is 9. The summed E-state index contributed by atoms with van der Waals surface area (Å²) in [5.74, 6) is 2.25. The third-order valence-electron chi connectivity index (χ3n) is 4.32. The van der Waals surface area contributed by atoms with Crippen molar-refractivity contribution < 1.29 is 4.74 Å². The van der Waals surface area contributed by atoms with E-state index in [1.807, 2.05) is 0 Å². The summed E-state index contributed by atoms with van der Waals surface area (Å²) in [5, 5.41) is 20.2. The van der Waals surface area contributed by atoms with E-state index < -0.39 is 0 Å². The number of morpholine rings is 1. The van der Waals surface area contributed by atoms with Crippen molar-refractivity contribution in [2.45, 2.75) is 32.7 Å². The maximum atomic E-state index is 5.47. The second-order valence-electron chi connectivity index (χ2n) is 7.36. The summed E-state index contributed by atoms with van der Waals surface area (Å²) in [6.07, 6.45) is 0. The molecular weight excluding hydrogens is 336 g/mol. The van der Waals surface area contributed by atoms with Gasteiger partial charge in [0.05, 0.1) is 13.2 Å². The topological polar surface area (TPSA) is 113 Å². The van der Waals surface area contributed by atoms with E-state index in [2.05, 4.69) is 51.5 Å². The van der Waals surface area contributed by atoms with E-state index in [4.69, 9.17) is 14.7 Å². The van der Waals surface area contributed by atoms with Crippen molar-refractivity contribution in [3.8, 4) is 0 Å². The first-order chi connectivity index (χ1) is 12.4. The molecular formula is C15H22N10O. The Bertz CT molecular complexity index is 918. The number of nitrogens with zero attached hydrogens (tertiary/aromatic N) is 10. The summed E-state index contributed by atoms with van der Waals surface area (Å²) in [5.41, 5.74) is 1.18. The minimum Gasteiger partial charge on any atom is -0.378 e. The molecule has 0 N–H and O–H groups in total. The van der Waals surface area contributed by atoms with E-state index >= 15 is 0 Å². The van der Waals surface area contributed by atoms with Crippen LogP contribution >= 0.6 is 0 Å². The molecule has 0 radical (unpaired) electrons. The van der Waals surface area contributed by atoms with Crippen LogP contribution < -0.4 is 4.90 Å². The minimum absolute atomic E-state index is 0.198. The van der Waals surface area contributed by atoms with E-state index in [9.17, 15) is 0 Å². The lowest BCUT2D eigenvalue weighted by Crippen LogP contribution is -2.37. The zero-order valence-electron chi connectivity index (χ0n) is 15.4. The number of tetrazole rings is 1. The first-order valence-electron chi connectivity index (χ1n) is 8.59. The molecule has 0 atom stereocenters. The van der Waals surface area contributed by atoms with Gasteiger partial charge in [0.15, 0.2) is 22.8 Å². The predicted octanol–water partition coefficient (Wildman–Crippen LogP) is -0.0728. The molecule has 3 aromatic heterocycles. The van der Waals surface area contributed by atoms with Crippen molar-refractivity contribution in [1.29, 1.82) is 0 Å². The Labute approximate surface area is 150 Å². The van der Waals surface area contributed by atoms with E-state index in [1.165, 1.54) is 0 Å². The van der Waals surface area contributed by atoms with E-state index in [1.54, 1.807) is 16.4 Å². The van der Waals surface area contributed by atoms with Gasteiger partial charge in [-0.25, -0.2) is 19.3 Å². The van der Waals surface area contributed by atoms with Crippen molar-refractivity contribution in [2.75, 3.05) is 31.2 Å². The summed E-state index contributed by atoms with van der Waals surface area (Å²) in [7, 11) is 1.79. The summed E-state index contributed by atoms with van der Waals surface area (Å²) >= 11 is 0. The average Bonchev–Trinajstić information content (AvgIpc) is 3.21. The molecule has 0 bridgehead atoms. The summed E-state index contributed by atoms with van der Waals surface area (Å²) in [4.78, 5) is 11.8. The van der Waals surface area contributed by atoms with Crippen LogP contribution in [0.4, 0.5) is 5.82 Å². The Morgan fingerprint density at radius 3 is 2.46 bits per heavy atom. The lowest BCUT2D eigenvalue weighted by Gasteiger charge is -2.29. The van der Waals surface area contributed by atoms with Crippen molar-refractivity contribution >= 4 is 17.0 Å². The fourth-order valence-corrected chi connectivity index (χ4v) is 2.80. The predicted molar refractivity (Wildman–Crippen MR) is 92.8 cm³/mol. The molecule has 0 unspecified atom stereocenters. The van der Waals surface area contributed by atoms with Crippen LogP contribution in [0.25, 0.3) is 11.2 Å². The molecule has 0 amide bonds. The molecule has 3 aromatic rings. The normalized spacial score (nSPS) is 15.8. The second kappa shape index (κ2) is 6.24. The van der Waals surface area contributed by atoms with Crippen LogP contribution in [-0.2, 0) is 23.7 Å². The molecule has 0 aliphatic carbocycles. The van der Waals surface area contributed by atoms with Crippen LogP contribution in [0.5, 0.6) is 0 Å². The van der Waals surface area contributed by atoms with Crippen LogP contribution in [0.3, 0.4) is 0 Å². The van der Waals surface area contributed by atoms with Crippen molar-refractivity contribution in [3.63, 3.8) is 0 Å². The Hall–Kier alpha value is -2.69. The van der Waals surface area contributed by atoms with Gasteiger partial charge in [0.2, 0.25) is 0 Å². The summed E-state index contributed by atoms with van der Waals surface area (Å²) in [6, 6.07) is 0. The lowest BCUT2D eigenvalue weighted by molar-refractivity contribution is 0.122. The minimum atomic E-state index is -0.198. The lowest BCUT2D eigenvalue weighted by atomic mass is 9.96. The zero-order valence-corrected chi connectivity index (χ0v) is 15.4. The molecule has 1 aliphatic rings. The molecule has 0 aromatic carbocycles. The van der Waals surface area contributed by atoms with Gasteiger partial charge < -0.3 is 9.64 Å². The highest BCUT2D eigenvalue weighted by Crippen LogP contribution is 2.27. The third kappa shape index (κ3) is 2.98. The molecule has 11 heteroatoms. The monoisotopic (exact) mass is 358 g/mol. The number of aryl methyl sites for hydroxylation is 1. The van der Waals surface area contributed by atoms with Gasteiger partial charge in [-0.1, -0.05) is 26.0 Å². The van der Waals surface area contributed by atoms with Gasteiger partial charge in [0, 0.05) is 25.6 Å². The largest absolute Gasteiger partial charge is 0.378 e. The van der Waals surface area contributed by atoms with Crippen LogP contribution in [-0.4, -0.2) is 71.5 Å². The Morgan fingerprint density at radius 2 is 1.81 bits per heavy atom. The molecule has 4 rings (SSSR count). The summed E-state index contributed by atoms with van der Waals surface area (Å²) in [6.45, 7) is 9.58. The Balaban J connectivity index is 1.84. The van der Waals surface area contributed by atoms with Gasteiger partial charge in [-0.05, 0) is 10.4 Å². The van der Waals surface area contributed by atoms with E-state index in [0.717, 1.165) is 24.7 Å². The quantitative estimate of drug-likeness (QED) is 0.634. The van der Waals surface area contributed by atoms with E-state index in [0.29, 0.717) is 36.7 Å². The molecule has 0 saturated carbocycles. The molecule has 0 spiro atoms. The smallest absolute Gasteiger partial charge is 0.184 e. The second-order valence-corrected chi connectivity index (χ2v) is 7.36. The van der Waals surface area contributed by atoms with Gasteiger partial charge in [-0.2, -0.15) is 0 Å². The highest BCUT2D eigenvalue weighted by Gasteiger charge is 2.26. The summed E-state index contributed by atoms with van der Waals surface area (Å²) < 4.78 is 8.81. The number of ether oxygens (including phenoxy) is 1. The van der Waals surface area contributed by atoms with Crippen molar-refractivity contribution in [1.82, 2.24) is 45.2 Å². The van der Waals surface area contributed by atoms with Crippen LogP contribution in [0, 0.1) is 0 Å². The third-order valence-corrected chi connectivity index (χ3v) is 4.32. The number of fused-ring (bicyclic) bond motifs is 1. The number of hydrogen-bond donors (Lipinski definition) is 0. The first kappa shape index (κ1) is 16.8. The number of anilines is 1. The molecule has 26 heavy (non-hydrogen) atoms. The maximum absolute atomic E-state index is 5.47. The van der Waals surface area contributed by atoms with Crippen molar-refractivity contribution in [3.05, 3.63) is 11.6 Å². The van der Waals surface area contributed by atoms with Crippen LogP contribution in [0.1, 0.15) is 32.4 Å². The van der Waals surface area contributed by atoms with E-state index in [-0.39, 0.29) is 5.41 Å². The highest BCUT2D eigenvalue weighted by atomic mass is 16.5. The van der Waals surface area contributed by atoms with Crippen LogP contribution in [0.2, 0.25) is 0 Å². The van der Waals surface area contributed by atoms with Gasteiger partial charge >= 0.3 is 0 Å². The highest BCUT2D eigenvalue weighted by molar-refractivity contribution is 5.83. The molecule has 138 valence electrons. The van der Waals surface area contributed by atoms with Gasteiger partial charge in [0.25, 0.3) is 0 Å². The fourth-order valence-electron chi connectivity index (χ4n) is 2.80. The number of rotatable bonds is 3. The Morgan fingerprint density at radius 1 is 1.04 bits per heavy atom. The molecule has 11 nitrogen and oxygen atoms in total.